The highest BCUT2D eigenvalue weighted by Gasteiger charge is 2.35. The van der Waals surface area contributed by atoms with Gasteiger partial charge in [0.2, 0.25) is 0 Å². The van der Waals surface area contributed by atoms with Crippen molar-refractivity contribution in [1.82, 2.24) is 0 Å². The fourth-order valence-electron chi connectivity index (χ4n) is 3.25. The Hall–Kier alpha value is -0.0400. The van der Waals surface area contributed by atoms with E-state index in [1.165, 1.54) is 57.8 Å². The van der Waals surface area contributed by atoms with Crippen molar-refractivity contribution in [2.45, 2.75) is 104 Å². The van der Waals surface area contributed by atoms with E-state index in [0.29, 0.717) is 0 Å². The summed E-state index contributed by atoms with van der Waals surface area (Å²) in [6.07, 6.45) is 12.0. The molecule has 1 fully saturated rings. The van der Waals surface area contributed by atoms with E-state index in [0.717, 1.165) is 5.92 Å². The van der Waals surface area contributed by atoms with Crippen LogP contribution < -0.4 is 0 Å². The fourth-order valence-corrected chi connectivity index (χ4v) is 3.25. The Morgan fingerprint density at radius 2 is 1.61 bits per heavy atom. The molecule has 0 unspecified atom stereocenters. The van der Waals surface area contributed by atoms with E-state index < -0.39 is 0 Å². The lowest BCUT2D eigenvalue weighted by atomic mass is 9.80. The van der Waals surface area contributed by atoms with Crippen LogP contribution in [0, 0.1) is 5.92 Å². The second-order valence-corrected chi connectivity index (χ2v) is 7.60. The van der Waals surface area contributed by atoms with Crippen LogP contribution in [0.1, 0.15) is 92.4 Å². The van der Waals surface area contributed by atoms with E-state index in [1.807, 2.05) is 0 Å². The lowest BCUT2D eigenvalue weighted by Crippen LogP contribution is -2.41. The van der Waals surface area contributed by atoms with Crippen LogP contribution in [0.3, 0.4) is 0 Å². The number of hydrogen-bond donors (Lipinski definition) is 0. The summed E-state index contributed by atoms with van der Waals surface area (Å²) in [4.78, 5) is 0. The standard InChI is InChI=1S/C17H34O/c1-15(2)11-7-10-14-17(18-16(3,4)5)12-8-6-9-13-17/h15H,6-14H2,1-5H3. The molecule has 1 heteroatoms. The van der Waals surface area contributed by atoms with Gasteiger partial charge in [-0.3, -0.25) is 0 Å². The number of hydrogen-bond acceptors (Lipinski definition) is 1. The molecule has 0 atom stereocenters. The number of rotatable bonds is 6. The zero-order valence-corrected chi connectivity index (χ0v) is 13.3. The van der Waals surface area contributed by atoms with Crippen molar-refractivity contribution < 1.29 is 4.74 Å². The molecule has 0 aromatic carbocycles. The Morgan fingerprint density at radius 3 is 2.11 bits per heavy atom. The van der Waals surface area contributed by atoms with Gasteiger partial charge in [0.1, 0.15) is 0 Å². The molecule has 1 nitrogen and oxygen atoms in total. The van der Waals surface area contributed by atoms with Crippen molar-refractivity contribution in [3.63, 3.8) is 0 Å². The third-order valence-corrected chi connectivity index (χ3v) is 3.95. The first-order valence-corrected chi connectivity index (χ1v) is 8.03. The molecule has 108 valence electrons. The molecule has 1 aliphatic carbocycles. The predicted octanol–water partition coefficient (Wildman–Crippen LogP) is 5.72. The summed E-state index contributed by atoms with van der Waals surface area (Å²) in [5.74, 6) is 0.843. The number of unbranched alkanes of at least 4 members (excludes halogenated alkanes) is 1. The average Bonchev–Trinajstić information content (AvgIpc) is 2.23. The molecule has 0 bridgehead atoms. The minimum atomic E-state index is 0.00931. The molecule has 0 saturated heterocycles. The summed E-state index contributed by atoms with van der Waals surface area (Å²) >= 11 is 0. The monoisotopic (exact) mass is 254 g/mol. The van der Waals surface area contributed by atoms with E-state index in [2.05, 4.69) is 34.6 Å². The van der Waals surface area contributed by atoms with Gasteiger partial charge in [-0.05, 0) is 46.0 Å². The highest BCUT2D eigenvalue weighted by molar-refractivity contribution is 4.87. The van der Waals surface area contributed by atoms with Crippen LogP contribution >= 0.6 is 0 Å². The highest BCUT2D eigenvalue weighted by atomic mass is 16.5. The molecule has 0 radical (unpaired) electrons. The minimum absolute atomic E-state index is 0.00931. The second-order valence-electron chi connectivity index (χ2n) is 7.60. The zero-order chi connectivity index (χ0) is 13.6. The van der Waals surface area contributed by atoms with Crippen LogP contribution in [0.15, 0.2) is 0 Å². The Bertz CT molecular complexity index is 218. The van der Waals surface area contributed by atoms with Gasteiger partial charge in [-0.1, -0.05) is 52.4 Å². The Morgan fingerprint density at radius 1 is 1.00 bits per heavy atom. The van der Waals surface area contributed by atoms with E-state index in [-0.39, 0.29) is 11.2 Å². The topological polar surface area (TPSA) is 9.23 Å². The molecule has 0 heterocycles. The molecular formula is C17H34O. The van der Waals surface area contributed by atoms with Gasteiger partial charge in [0, 0.05) is 0 Å². The van der Waals surface area contributed by atoms with Gasteiger partial charge in [-0.2, -0.15) is 0 Å². The van der Waals surface area contributed by atoms with Crippen molar-refractivity contribution in [1.29, 1.82) is 0 Å². The smallest absolute Gasteiger partial charge is 0.0689 e. The Balaban J connectivity index is 2.44. The number of ether oxygens (including phenoxy) is 1. The normalized spacial score (nSPS) is 20.3. The van der Waals surface area contributed by atoms with Crippen LogP contribution in [0.4, 0.5) is 0 Å². The predicted molar refractivity (Wildman–Crippen MR) is 80.0 cm³/mol. The summed E-state index contributed by atoms with van der Waals surface area (Å²) in [7, 11) is 0. The molecule has 0 amide bonds. The van der Waals surface area contributed by atoms with Crippen LogP contribution in [0.25, 0.3) is 0 Å². The van der Waals surface area contributed by atoms with Gasteiger partial charge in [-0.25, -0.2) is 0 Å². The third kappa shape index (κ3) is 6.22. The van der Waals surface area contributed by atoms with Crippen LogP contribution in [0.2, 0.25) is 0 Å². The maximum absolute atomic E-state index is 6.47. The highest BCUT2D eigenvalue weighted by Crippen LogP contribution is 2.39. The first-order chi connectivity index (χ1) is 8.33. The quantitative estimate of drug-likeness (QED) is 0.551. The summed E-state index contributed by atoms with van der Waals surface area (Å²) in [5.41, 5.74) is 0.211. The lowest BCUT2D eigenvalue weighted by Gasteiger charge is -2.42. The van der Waals surface area contributed by atoms with Crippen molar-refractivity contribution in [2.75, 3.05) is 0 Å². The van der Waals surface area contributed by atoms with Gasteiger partial charge in [0.05, 0.1) is 11.2 Å². The van der Waals surface area contributed by atoms with Gasteiger partial charge >= 0.3 is 0 Å². The van der Waals surface area contributed by atoms with Gasteiger partial charge in [0.25, 0.3) is 0 Å². The lowest BCUT2D eigenvalue weighted by molar-refractivity contribution is -0.153. The summed E-state index contributed by atoms with van der Waals surface area (Å²) < 4.78 is 6.47. The van der Waals surface area contributed by atoms with Crippen molar-refractivity contribution in [2.24, 2.45) is 5.92 Å². The molecular weight excluding hydrogens is 220 g/mol. The summed E-state index contributed by atoms with van der Waals surface area (Å²) in [6, 6.07) is 0. The second kappa shape index (κ2) is 6.93. The molecule has 1 rings (SSSR count). The van der Waals surface area contributed by atoms with Crippen LogP contribution in [-0.4, -0.2) is 11.2 Å². The van der Waals surface area contributed by atoms with Crippen molar-refractivity contribution >= 4 is 0 Å². The van der Waals surface area contributed by atoms with Crippen molar-refractivity contribution in [3.8, 4) is 0 Å². The first kappa shape index (κ1) is 16.0. The van der Waals surface area contributed by atoms with Crippen LogP contribution in [-0.2, 0) is 4.74 Å². The largest absolute Gasteiger partial charge is 0.369 e. The maximum atomic E-state index is 6.47. The molecule has 1 aliphatic rings. The van der Waals surface area contributed by atoms with Gasteiger partial charge < -0.3 is 4.74 Å². The molecule has 0 N–H and O–H groups in total. The fraction of sp³-hybridized carbons (Fsp3) is 1.00. The minimum Gasteiger partial charge on any atom is -0.369 e. The SMILES string of the molecule is CC(C)CCCCC1(OC(C)(C)C)CCCCC1. The zero-order valence-electron chi connectivity index (χ0n) is 13.3. The maximum Gasteiger partial charge on any atom is 0.0689 e. The Kier molecular flexibility index (Phi) is 6.17. The van der Waals surface area contributed by atoms with E-state index in [9.17, 15) is 0 Å². The van der Waals surface area contributed by atoms with Gasteiger partial charge in [-0.15, -0.1) is 0 Å². The molecule has 0 aliphatic heterocycles. The van der Waals surface area contributed by atoms with E-state index in [4.69, 9.17) is 4.74 Å². The average molecular weight is 254 g/mol. The van der Waals surface area contributed by atoms with E-state index >= 15 is 0 Å². The first-order valence-electron chi connectivity index (χ1n) is 8.03. The molecule has 1 saturated carbocycles. The summed E-state index contributed by atoms with van der Waals surface area (Å²) in [5, 5.41) is 0. The van der Waals surface area contributed by atoms with Crippen molar-refractivity contribution in [3.05, 3.63) is 0 Å². The third-order valence-electron chi connectivity index (χ3n) is 3.95. The molecule has 0 aromatic rings. The van der Waals surface area contributed by atoms with E-state index in [1.54, 1.807) is 0 Å². The Labute approximate surface area is 115 Å². The summed E-state index contributed by atoms with van der Waals surface area (Å²) in [6.45, 7) is 11.3. The van der Waals surface area contributed by atoms with Gasteiger partial charge in [0.15, 0.2) is 0 Å². The molecule has 0 spiro atoms. The van der Waals surface area contributed by atoms with Crippen LogP contribution in [0.5, 0.6) is 0 Å². The molecule has 18 heavy (non-hydrogen) atoms. The molecule has 0 aromatic heterocycles.